The van der Waals surface area contributed by atoms with Gasteiger partial charge in [0.2, 0.25) is 5.89 Å². The fourth-order valence-electron chi connectivity index (χ4n) is 2.50. The maximum Gasteiger partial charge on any atom is 0.342 e. The Morgan fingerprint density at radius 3 is 2.67 bits per heavy atom. The molecule has 0 atom stereocenters. The van der Waals surface area contributed by atoms with E-state index in [1.165, 1.54) is 6.08 Å². The van der Waals surface area contributed by atoms with Gasteiger partial charge in [-0.1, -0.05) is 37.3 Å². The van der Waals surface area contributed by atoms with Crippen LogP contribution >= 0.6 is 34.4 Å². The first-order valence-electron chi connectivity index (χ1n) is 8.99. The van der Waals surface area contributed by atoms with Gasteiger partial charge in [0.15, 0.2) is 11.5 Å². The Bertz CT molecular complexity index is 1050. The summed E-state index contributed by atoms with van der Waals surface area (Å²) >= 11 is 3.05. The zero-order valence-electron chi connectivity index (χ0n) is 16.3. The second-order valence-electron chi connectivity index (χ2n) is 6.04. The molecular weight excluding hydrogens is 519 g/mol. The fourth-order valence-corrected chi connectivity index (χ4v) is 3.97. The van der Waals surface area contributed by atoms with E-state index in [-0.39, 0.29) is 10.1 Å². The molecule has 9 heteroatoms. The van der Waals surface area contributed by atoms with Crippen LogP contribution < -0.4 is 9.47 Å². The lowest BCUT2D eigenvalue weighted by atomic mass is 10.2. The third-order valence-electron chi connectivity index (χ3n) is 3.93. The maximum absolute atomic E-state index is 11.7. The quantitative estimate of drug-likeness (QED) is 0.230. The number of hydrogen-bond donors (Lipinski definition) is 1. The van der Waals surface area contributed by atoms with Crippen LogP contribution in [-0.4, -0.2) is 28.4 Å². The van der Waals surface area contributed by atoms with Crippen molar-refractivity contribution in [3.63, 3.8) is 0 Å². The second kappa shape index (κ2) is 10.5. The summed E-state index contributed by atoms with van der Waals surface area (Å²) < 4.78 is 17.6. The topological polar surface area (TPSA) is 94.7 Å². The van der Waals surface area contributed by atoms with Crippen molar-refractivity contribution in [3.8, 4) is 11.5 Å². The molecule has 7 nitrogen and oxygen atoms in total. The van der Waals surface area contributed by atoms with E-state index in [0.717, 1.165) is 20.9 Å². The number of benzene rings is 2. The number of methoxy groups -OCH3 is 1. The van der Waals surface area contributed by atoms with Crippen LogP contribution in [0.3, 0.4) is 0 Å². The molecule has 0 aliphatic heterocycles. The molecule has 0 bridgehead atoms. The molecule has 1 N–H and O–H groups in total. The van der Waals surface area contributed by atoms with Crippen molar-refractivity contribution in [2.24, 2.45) is 0 Å². The third-order valence-corrected chi connectivity index (χ3v) is 5.59. The van der Waals surface area contributed by atoms with Crippen LogP contribution in [0.5, 0.6) is 11.5 Å². The minimum Gasteiger partial charge on any atom is -0.493 e. The summed E-state index contributed by atoms with van der Waals surface area (Å²) in [6.45, 7) is 2.28. The normalized spacial score (nSPS) is 11.4. The second-order valence-corrected chi connectivity index (χ2v) is 8.19. The minimum absolute atomic E-state index is 0.0529. The lowest BCUT2D eigenvalue weighted by Crippen LogP contribution is -2.01. The van der Waals surface area contributed by atoms with Gasteiger partial charge in [0.25, 0.3) is 5.22 Å². The molecule has 156 valence electrons. The van der Waals surface area contributed by atoms with Crippen LogP contribution in [0.4, 0.5) is 0 Å². The van der Waals surface area contributed by atoms with Gasteiger partial charge in [0, 0.05) is 6.42 Å². The molecular formula is C21H19IN2O5S. The predicted molar refractivity (Wildman–Crippen MR) is 122 cm³/mol. The zero-order valence-corrected chi connectivity index (χ0v) is 19.3. The van der Waals surface area contributed by atoms with E-state index in [1.807, 2.05) is 43.3 Å². The van der Waals surface area contributed by atoms with Crippen molar-refractivity contribution < 1.29 is 23.8 Å². The van der Waals surface area contributed by atoms with E-state index in [9.17, 15) is 9.90 Å². The largest absolute Gasteiger partial charge is 0.493 e. The van der Waals surface area contributed by atoms with Crippen LogP contribution in [0.25, 0.3) is 6.08 Å². The van der Waals surface area contributed by atoms with E-state index in [2.05, 4.69) is 32.8 Å². The van der Waals surface area contributed by atoms with Crippen molar-refractivity contribution in [1.82, 2.24) is 10.2 Å². The lowest BCUT2D eigenvalue weighted by molar-refractivity contribution is -0.131. The van der Waals surface area contributed by atoms with Gasteiger partial charge in [-0.2, -0.15) is 0 Å². The van der Waals surface area contributed by atoms with Gasteiger partial charge < -0.3 is 19.0 Å². The minimum atomic E-state index is -1.09. The molecule has 30 heavy (non-hydrogen) atoms. The monoisotopic (exact) mass is 538 g/mol. The van der Waals surface area contributed by atoms with Crippen LogP contribution in [0, 0.1) is 3.57 Å². The molecule has 0 aliphatic rings. The van der Waals surface area contributed by atoms with Gasteiger partial charge in [-0.3, -0.25) is 0 Å². The van der Waals surface area contributed by atoms with Crippen LogP contribution in [0.2, 0.25) is 0 Å². The highest BCUT2D eigenvalue weighted by Gasteiger charge is 2.17. The average molecular weight is 538 g/mol. The van der Waals surface area contributed by atoms with Crippen molar-refractivity contribution in [2.45, 2.75) is 25.2 Å². The molecule has 0 saturated carbocycles. The van der Waals surface area contributed by atoms with Crippen molar-refractivity contribution >= 4 is 46.4 Å². The standard InChI is InChI=1S/C21H19IN2O5S/c1-3-18-23-24-21(29-18)30-17(20(25)26)11-14-9-15(22)19(16(10-14)27-2)28-12-13-7-5-4-6-8-13/h4-11H,3,12H2,1-2H3,(H,25,26)/b17-11-. The first kappa shape index (κ1) is 22.2. The Balaban J connectivity index is 1.85. The highest BCUT2D eigenvalue weighted by atomic mass is 127. The molecule has 0 saturated heterocycles. The molecule has 0 unspecified atom stereocenters. The lowest BCUT2D eigenvalue weighted by Gasteiger charge is -2.14. The first-order valence-corrected chi connectivity index (χ1v) is 10.9. The van der Waals surface area contributed by atoms with Gasteiger partial charge in [-0.25, -0.2) is 4.79 Å². The molecule has 3 rings (SSSR count). The van der Waals surface area contributed by atoms with Crippen molar-refractivity contribution in [2.75, 3.05) is 7.11 Å². The molecule has 0 amide bonds. The number of nitrogens with zero attached hydrogens (tertiary/aromatic N) is 2. The van der Waals surface area contributed by atoms with E-state index < -0.39 is 5.97 Å². The maximum atomic E-state index is 11.7. The predicted octanol–water partition coefficient (Wildman–Crippen LogP) is 5.04. The highest BCUT2D eigenvalue weighted by molar-refractivity contribution is 14.1. The first-order chi connectivity index (χ1) is 14.5. The summed E-state index contributed by atoms with van der Waals surface area (Å²) in [4.78, 5) is 11.8. The van der Waals surface area contributed by atoms with Gasteiger partial charge >= 0.3 is 5.97 Å². The number of ether oxygens (including phenoxy) is 2. The smallest absolute Gasteiger partial charge is 0.342 e. The summed E-state index contributed by atoms with van der Waals surface area (Å²) in [6.07, 6.45) is 2.12. The number of thioether (sulfide) groups is 1. The number of carboxylic acid groups (broad SMARTS) is 1. The summed E-state index contributed by atoms with van der Waals surface area (Å²) in [6, 6.07) is 13.4. The molecule has 3 aromatic rings. The average Bonchev–Trinajstić information content (AvgIpc) is 3.20. The molecule has 0 fully saturated rings. The van der Waals surface area contributed by atoms with Crippen LogP contribution in [0.15, 0.2) is 57.0 Å². The van der Waals surface area contributed by atoms with Gasteiger partial charge in [0.1, 0.15) is 11.5 Å². The number of carbonyl (C=O) groups is 1. The number of carboxylic acids is 1. The van der Waals surface area contributed by atoms with E-state index in [1.54, 1.807) is 13.2 Å². The highest BCUT2D eigenvalue weighted by Crippen LogP contribution is 2.36. The Hall–Kier alpha value is -2.53. The SMILES string of the molecule is CCc1nnc(S/C(=C\c2cc(I)c(OCc3ccccc3)c(OC)c2)C(=O)O)o1. The van der Waals surface area contributed by atoms with E-state index >= 15 is 0 Å². The molecule has 0 aliphatic carbocycles. The van der Waals surface area contributed by atoms with E-state index in [0.29, 0.717) is 36.0 Å². The zero-order chi connectivity index (χ0) is 21.5. The number of aryl methyl sites for hydroxylation is 1. The summed E-state index contributed by atoms with van der Waals surface area (Å²) in [5.41, 5.74) is 1.69. The van der Waals surface area contributed by atoms with Gasteiger partial charge in [-0.15, -0.1) is 10.2 Å². The van der Waals surface area contributed by atoms with Gasteiger partial charge in [0.05, 0.1) is 10.7 Å². The Morgan fingerprint density at radius 1 is 1.27 bits per heavy atom. The molecule has 1 heterocycles. The van der Waals surface area contributed by atoms with E-state index in [4.69, 9.17) is 13.9 Å². The number of rotatable bonds is 9. The van der Waals surface area contributed by atoms with Crippen LogP contribution in [-0.2, 0) is 17.8 Å². The number of aromatic nitrogens is 2. The molecule has 0 radical (unpaired) electrons. The van der Waals surface area contributed by atoms with Gasteiger partial charge in [-0.05, 0) is 63.7 Å². The molecule has 0 spiro atoms. The molecule has 1 aromatic heterocycles. The summed E-state index contributed by atoms with van der Waals surface area (Å²) in [5, 5.41) is 17.5. The van der Waals surface area contributed by atoms with Crippen molar-refractivity contribution in [3.05, 3.63) is 68.0 Å². The number of aliphatic carboxylic acids is 1. The Morgan fingerprint density at radius 2 is 2.03 bits per heavy atom. The number of hydrogen-bond acceptors (Lipinski definition) is 7. The Kier molecular flexibility index (Phi) is 7.75. The summed E-state index contributed by atoms with van der Waals surface area (Å²) in [7, 11) is 1.55. The third kappa shape index (κ3) is 5.76. The fraction of sp³-hybridized carbons (Fsp3) is 0.190. The molecule has 2 aromatic carbocycles. The van der Waals surface area contributed by atoms with Crippen LogP contribution in [0.1, 0.15) is 23.9 Å². The summed E-state index contributed by atoms with van der Waals surface area (Å²) in [5.74, 6) is 0.492. The number of halogens is 1. The Labute approximate surface area is 191 Å². The van der Waals surface area contributed by atoms with Crippen molar-refractivity contribution in [1.29, 1.82) is 0 Å².